The topological polar surface area (TPSA) is 57.7 Å². The monoisotopic (exact) mass is 426 g/mol. The lowest BCUT2D eigenvalue weighted by Gasteiger charge is -2.42. The van der Waals surface area contributed by atoms with Crippen LogP contribution in [0.1, 0.15) is 43.9 Å². The summed E-state index contributed by atoms with van der Waals surface area (Å²) in [7, 11) is -3.30. The van der Waals surface area contributed by atoms with Gasteiger partial charge >= 0.3 is 0 Å². The molecule has 6 heteroatoms. The largest absolute Gasteiger partial charge is 0.333 e. The normalized spacial score (nSPS) is 20.5. The molecule has 1 heterocycles. The summed E-state index contributed by atoms with van der Waals surface area (Å²) in [5, 5.41) is -0.459. The van der Waals surface area contributed by atoms with Gasteiger partial charge in [0, 0.05) is 25.7 Å². The van der Waals surface area contributed by atoms with E-state index in [4.69, 9.17) is 0 Å². The molecule has 1 unspecified atom stereocenters. The number of carbonyl (C=O) groups excluding carboxylic acids is 1. The van der Waals surface area contributed by atoms with E-state index in [0.717, 1.165) is 25.2 Å². The van der Waals surface area contributed by atoms with Crippen LogP contribution in [-0.2, 0) is 21.1 Å². The predicted octanol–water partition coefficient (Wildman–Crippen LogP) is 3.46. The Morgan fingerprint density at radius 3 is 2.27 bits per heavy atom. The molecule has 4 rings (SSSR count). The molecule has 2 aliphatic rings. The third kappa shape index (κ3) is 4.44. The molecule has 2 aromatic rings. The van der Waals surface area contributed by atoms with Crippen molar-refractivity contribution in [2.45, 2.75) is 55.3 Å². The summed E-state index contributed by atoms with van der Waals surface area (Å²) in [5.41, 5.74) is 2.02. The van der Waals surface area contributed by atoms with Crippen molar-refractivity contribution in [3.05, 3.63) is 65.7 Å². The zero-order chi connectivity index (χ0) is 21.3. The number of sulfone groups is 1. The lowest BCUT2D eigenvalue weighted by Crippen LogP contribution is -2.51. The van der Waals surface area contributed by atoms with Crippen molar-refractivity contribution in [2.75, 3.05) is 19.6 Å². The van der Waals surface area contributed by atoms with Crippen LogP contribution in [0.15, 0.2) is 59.5 Å². The Morgan fingerprint density at radius 2 is 1.67 bits per heavy atom. The molecule has 2 fully saturated rings. The van der Waals surface area contributed by atoms with Gasteiger partial charge in [-0.1, -0.05) is 42.5 Å². The molecule has 160 valence electrons. The number of piperazine rings is 1. The van der Waals surface area contributed by atoms with Gasteiger partial charge in [0.1, 0.15) is 0 Å². The highest BCUT2D eigenvalue weighted by Gasteiger charge is 2.37. The molecule has 2 aromatic carbocycles. The van der Waals surface area contributed by atoms with Gasteiger partial charge in [-0.25, -0.2) is 8.42 Å². The molecule has 1 aliphatic heterocycles. The third-order valence-corrected chi connectivity index (χ3v) is 8.38. The van der Waals surface area contributed by atoms with Crippen LogP contribution in [0.5, 0.6) is 0 Å². The van der Waals surface area contributed by atoms with E-state index < -0.39 is 15.1 Å². The zero-order valence-electron chi connectivity index (χ0n) is 17.7. The highest BCUT2D eigenvalue weighted by atomic mass is 32.2. The van der Waals surface area contributed by atoms with Crippen molar-refractivity contribution in [1.29, 1.82) is 0 Å². The first-order valence-corrected chi connectivity index (χ1v) is 12.3. The molecule has 1 saturated carbocycles. The summed E-state index contributed by atoms with van der Waals surface area (Å²) in [5.74, 6) is 0.0961. The molecule has 0 N–H and O–H groups in total. The molecule has 0 aromatic heterocycles. The van der Waals surface area contributed by atoms with Gasteiger partial charge in [-0.3, -0.25) is 9.69 Å². The van der Waals surface area contributed by atoms with Crippen LogP contribution in [0.3, 0.4) is 0 Å². The van der Waals surface area contributed by atoms with E-state index in [2.05, 4.69) is 17.0 Å². The van der Waals surface area contributed by atoms with E-state index in [0.29, 0.717) is 10.9 Å². The third-order valence-electron chi connectivity index (χ3n) is 6.21. The Morgan fingerprint density at radius 1 is 1.00 bits per heavy atom. The fourth-order valence-corrected chi connectivity index (χ4v) is 5.24. The molecule has 1 saturated heterocycles. The highest BCUT2D eigenvalue weighted by molar-refractivity contribution is 7.92. The average molecular weight is 427 g/mol. The second kappa shape index (κ2) is 8.52. The molecule has 30 heavy (non-hydrogen) atoms. The number of nitrogens with zero attached hydrogens (tertiary/aromatic N) is 2. The molecular weight excluding hydrogens is 396 g/mol. The van der Waals surface area contributed by atoms with Crippen molar-refractivity contribution >= 4 is 15.7 Å². The highest BCUT2D eigenvalue weighted by Crippen LogP contribution is 2.33. The van der Waals surface area contributed by atoms with Crippen LogP contribution in [0.2, 0.25) is 0 Å². The SMILES string of the molecule is CC(C)S(=O)(=O)c1ccc(CC(=O)N2CCN(C3CC3)CC2c2ccccc2)cc1. The Bertz CT molecular complexity index is 983. The van der Waals surface area contributed by atoms with Gasteiger partial charge in [-0.05, 0) is 49.9 Å². The maximum atomic E-state index is 13.2. The fraction of sp³-hybridized carbons (Fsp3) is 0.458. The van der Waals surface area contributed by atoms with E-state index in [1.165, 1.54) is 18.4 Å². The van der Waals surface area contributed by atoms with E-state index in [1.807, 2.05) is 23.1 Å². The van der Waals surface area contributed by atoms with E-state index in [-0.39, 0.29) is 18.4 Å². The zero-order valence-corrected chi connectivity index (χ0v) is 18.5. The standard InChI is InChI=1S/C24H30N2O3S/c1-18(2)30(28,29)22-12-8-19(9-13-22)16-24(27)26-15-14-25(21-10-11-21)17-23(26)20-6-4-3-5-7-20/h3-9,12-13,18,21,23H,10-11,14-17H2,1-2H3. The number of hydrogen-bond acceptors (Lipinski definition) is 4. The van der Waals surface area contributed by atoms with Crippen LogP contribution >= 0.6 is 0 Å². The van der Waals surface area contributed by atoms with Gasteiger partial charge in [-0.2, -0.15) is 0 Å². The summed E-state index contributed by atoms with van der Waals surface area (Å²) >= 11 is 0. The molecule has 0 spiro atoms. The Hall–Kier alpha value is -2.18. The predicted molar refractivity (Wildman–Crippen MR) is 118 cm³/mol. The van der Waals surface area contributed by atoms with Crippen LogP contribution in [0, 0.1) is 0 Å². The minimum absolute atomic E-state index is 0.0636. The van der Waals surface area contributed by atoms with E-state index >= 15 is 0 Å². The molecule has 1 atom stereocenters. The lowest BCUT2D eigenvalue weighted by molar-refractivity contribution is -0.135. The first-order chi connectivity index (χ1) is 14.4. The van der Waals surface area contributed by atoms with Crippen LogP contribution in [0.25, 0.3) is 0 Å². The van der Waals surface area contributed by atoms with Crippen LogP contribution < -0.4 is 0 Å². The summed E-state index contributed by atoms with van der Waals surface area (Å²) in [4.78, 5) is 18.1. The number of carbonyl (C=O) groups is 1. The van der Waals surface area contributed by atoms with E-state index in [1.54, 1.807) is 38.1 Å². The van der Waals surface area contributed by atoms with Crippen LogP contribution in [0.4, 0.5) is 0 Å². The maximum Gasteiger partial charge on any atom is 0.227 e. The minimum atomic E-state index is -3.30. The molecule has 0 radical (unpaired) electrons. The first-order valence-electron chi connectivity index (χ1n) is 10.8. The summed E-state index contributed by atoms with van der Waals surface area (Å²) in [6.45, 7) is 5.89. The summed E-state index contributed by atoms with van der Waals surface area (Å²) < 4.78 is 24.6. The Kier molecular flexibility index (Phi) is 5.98. The van der Waals surface area contributed by atoms with E-state index in [9.17, 15) is 13.2 Å². The van der Waals surface area contributed by atoms with Crippen molar-refractivity contribution in [2.24, 2.45) is 0 Å². The summed E-state index contributed by atoms with van der Waals surface area (Å²) in [6.07, 6.45) is 2.82. The van der Waals surface area contributed by atoms with Crippen molar-refractivity contribution in [3.63, 3.8) is 0 Å². The Balaban J connectivity index is 1.50. The number of benzene rings is 2. The molecule has 5 nitrogen and oxygen atoms in total. The Labute approximate surface area is 179 Å². The quantitative estimate of drug-likeness (QED) is 0.710. The van der Waals surface area contributed by atoms with Gasteiger partial charge in [0.15, 0.2) is 9.84 Å². The fourth-order valence-electron chi connectivity index (χ4n) is 4.18. The summed E-state index contributed by atoms with van der Waals surface area (Å²) in [6, 6.07) is 17.8. The maximum absolute atomic E-state index is 13.2. The molecule has 1 amide bonds. The van der Waals surface area contributed by atoms with Gasteiger partial charge in [0.2, 0.25) is 5.91 Å². The second-order valence-corrected chi connectivity index (χ2v) is 11.2. The number of rotatable bonds is 6. The lowest BCUT2D eigenvalue weighted by atomic mass is 10.0. The van der Waals surface area contributed by atoms with Crippen LogP contribution in [-0.4, -0.2) is 55.1 Å². The molecule has 1 aliphatic carbocycles. The van der Waals surface area contributed by atoms with Crippen molar-refractivity contribution < 1.29 is 13.2 Å². The first kappa shape index (κ1) is 21.1. The van der Waals surface area contributed by atoms with Crippen molar-refractivity contribution in [1.82, 2.24) is 9.80 Å². The second-order valence-electron chi connectivity index (χ2n) is 8.65. The van der Waals surface area contributed by atoms with Crippen molar-refractivity contribution in [3.8, 4) is 0 Å². The molecular formula is C24H30N2O3S. The smallest absolute Gasteiger partial charge is 0.227 e. The van der Waals surface area contributed by atoms with Gasteiger partial charge in [-0.15, -0.1) is 0 Å². The average Bonchev–Trinajstić information content (AvgIpc) is 3.60. The minimum Gasteiger partial charge on any atom is -0.333 e. The van der Waals surface area contributed by atoms with Gasteiger partial charge in [0.05, 0.1) is 22.6 Å². The van der Waals surface area contributed by atoms with Gasteiger partial charge < -0.3 is 4.90 Å². The number of amides is 1. The van der Waals surface area contributed by atoms with Gasteiger partial charge in [0.25, 0.3) is 0 Å². The molecule has 0 bridgehead atoms. The number of hydrogen-bond donors (Lipinski definition) is 0.